The van der Waals surface area contributed by atoms with Crippen LogP contribution in [0.2, 0.25) is 0 Å². The normalized spacial score (nSPS) is 23.4. The second-order valence-electron chi connectivity index (χ2n) is 11.1. The molecule has 0 aliphatic heterocycles. The summed E-state index contributed by atoms with van der Waals surface area (Å²) < 4.78 is 0. The van der Waals surface area contributed by atoms with E-state index in [0.717, 1.165) is 44.3 Å². The summed E-state index contributed by atoms with van der Waals surface area (Å²) in [6.45, 7) is 8.51. The Kier molecular flexibility index (Phi) is 16.2. The van der Waals surface area contributed by atoms with Crippen LogP contribution in [0.4, 0.5) is 0 Å². The maximum absolute atomic E-state index is 11.6. The maximum atomic E-state index is 11.6. The van der Waals surface area contributed by atoms with E-state index in [2.05, 4.69) is 32.3 Å². The second-order valence-corrected chi connectivity index (χ2v) is 12.1. The summed E-state index contributed by atoms with van der Waals surface area (Å²) in [5, 5.41) is 13.8. The van der Waals surface area contributed by atoms with Crippen LogP contribution in [0, 0.1) is 23.2 Å². The Morgan fingerprint density at radius 1 is 1.00 bits per heavy atom. The van der Waals surface area contributed by atoms with Crippen molar-refractivity contribution in [3.63, 3.8) is 0 Å². The number of aliphatic carboxylic acids is 1. The number of hydrogen-bond acceptors (Lipinski definition) is 4. The molecule has 1 saturated carbocycles. The van der Waals surface area contributed by atoms with Crippen LogP contribution < -0.4 is 5.11 Å². The molecular formula is C29H51O3S-. The zero-order valence-corrected chi connectivity index (χ0v) is 22.9. The Morgan fingerprint density at radius 2 is 1.67 bits per heavy atom. The molecule has 0 N–H and O–H groups in total. The Hall–Kier alpha value is -0.770. The fourth-order valence-electron chi connectivity index (χ4n) is 6.01. The third kappa shape index (κ3) is 13.6. The molecule has 0 saturated heterocycles. The van der Waals surface area contributed by atoms with Crippen molar-refractivity contribution < 1.29 is 14.7 Å². The third-order valence-electron chi connectivity index (χ3n) is 7.59. The number of hydrogen-bond donors (Lipinski definition) is 0. The molecule has 0 spiro atoms. The zero-order chi connectivity index (χ0) is 24.5. The van der Waals surface area contributed by atoms with Gasteiger partial charge in [-0.05, 0) is 92.6 Å². The molecule has 3 atom stereocenters. The fourth-order valence-corrected chi connectivity index (χ4v) is 6.79. The Labute approximate surface area is 209 Å². The fraction of sp³-hybridized carbons (Fsp3) is 0.862. The first kappa shape index (κ1) is 30.3. The van der Waals surface area contributed by atoms with Crippen LogP contribution in [-0.4, -0.2) is 17.5 Å². The van der Waals surface area contributed by atoms with Gasteiger partial charge >= 0.3 is 0 Å². The number of carboxylic acids is 1. The van der Waals surface area contributed by atoms with Gasteiger partial charge in [-0.15, -0.1) is 11.8 Å². The number of unbranched alkanes of at least 4 members (excludes halogenated alkanes) is 8. The summed E-state index contributed by atoms with van der Waals surface area (Å²) in [5.74, 6) is 2.32. The molecule has 0 aromatic rings. The molecule has 1 rings (SSSR count). The van der Waals surface area contributed by atoms with Crippen molar-refractivity contribution in [2.75, 3.05) is 5.75 Å². The van der Waals surface area contributed by atoms with Gasteiger partial charge in [0.1, 0.15) is 5.78 Å². The van der Waals surface area contributed by atoms with Crippen LogP contribution >= 0.6 is 11.8 Å². The second kappa shape index (κ2) is 17.6. The molecule has 0 aromatic carbocycles. The lowest BCUT2D eigenvalue weighted by atomic mass is 9.56. The predicted molar refractivity (Wildman–Crippen MR) is 141 cm³/mol. The van der Waals surface area contributed by atoms with Gasteiger partial charge in [-0.25, -0.2) is 0 Å². The lowest BCUT2D eigenvalue weighted by Gasteiger charge is -2.49. The van der Waals surface area contributed by atoms with Gasteiger partial charge in [-0.2, -0.15) is 0 Å². The van der Waals surface area contributed by atoms with Gasteiger partial charge in [0.25, 0.3) is 0 Å². The van der Waals surface area contributed by atoms with E-state index in [9.17, 15) is 14.7 Å². The van der Waals surface area contributed by atoms with Crippen molar-refractivity contribution in [2.24, 2.45) is 23.2 Å². The minimum atomic E-state index is -0.853. The van der Waals surface area contributed by atoms with Crippen molar-refractivity contribution in [2.45, 2.75) is 130 Å². The topological polar surface area (TPSA) is 57.2 Å². The lowest BCUT2D eigenvalue weighted by Crippen LogP contribution is -2.43. The molecular weight excluding hydrogens is 428 g/mol. The van der Waals surface area contributed by atoms with Crippen LogP contribution in [0.1, 0.15) is 130 Å². The molecule has 3 nitrogen and oxygen atoms in total. The van der Waals surface area contributed by atoms with E-state index >= 15 is 0 Å². The molecule has 1 aliphatic rings. The third-order valence-corrected chi connectivity index (χ3v) is 8.50. The van der Waals surface area contributed by atoms with Gasteiger partial charge in [-0.1, -0.05) is 71.8 Å². The highest BCUT2D eigenvalue weighted by atomic mass is 32.2. The quantitative estimate of drug-likeness (QED) is 0.178. The predicted octanol–water partition coefficient (Wildman–Crippen LogP) is 7.72. The molecule has 0 radical (unpaired) electrons. The van der Waals surface area contributed by atoms with Crippen LogP contribution in [0.5, 0.6) is 0 Å². The van der Waals surface area contributed by atoms with Crippen molar-refractivity contribution in [1.29, 1.82) is 0 Å². The monoisotopic (exact) mass is 479 g/mol. The van der Waals surface area contributed by atoms with E-state index in [-0.39, 0.29) is 11.8 Å². The number of carboxylic acid groups (broad SMARTS) is 1. The Balaban J connectivity index is 2.14. The van der Waals surface area contributed by atoms with Gasteiger partial charge < -0.3 is 14.7 Å². The molecule has 0 unspecified atom stereocenters. The number of carbonyl (C=O) groups is 2. The largest absolute Gasteiger partial charge is 0.550 e. The first-order valence-corrected chi connectivity index (χ1v) is 14.8. The van der Waals surface area contributed by atoms with Crippen molar-refractivity contribution in [3.8, 4) is 0 Å². The standard InChI is InChI=1S/C29H52O3S/c1-24(2)27-18-17-25(3)22-29(27,23-28(31)32)19-13-9-7-5-6-8-10-14-20-33-21-15-11-12-16-26(4)30/h14,20,24-25,27H,5-13,15-19,21-23H2,1-4H3,(H,31,32)/p-1/b20-14-/t25-,27+,29-/m1/s1. The van der Waals surface area contributed by atoms with Crippen LogP contribution in [0.3, 0.4) is 0 Å². The number of allylic oxidation sites excluding steroid dienone is 1. The summed E-state index contributed by atoms with van der Waals surface area (Å²) in [7, 11) is 0. The number of carbonyl (C=O) groups excluding carboxylic acids is 2. The minimum absolute atomic E-state index is 0.0411. The highest BCUT2D eigenvalue weighted by Crippen LogP contribution is 2.52. The zero-order valence-electron chi connectivity index (χ0n) is 22.0. The molecule has 4 heteroatoms. The SMILES string of the molecule is CC(=O)CCCCCS/C=C\CCCCCCCC[C@]1(CC(=O)[O-])C[C@H](C)CC[C@H]1C(C)C. The first-order chi connectivity index (χ1) is 15.8. The average molecular weight is 480 g/mol. The summed E-state index contributed by atoms with van der Waals surface area (Å²) in [4.78, 5) is 22.5. The summed E-state index contributed by atoms with van der Waals surface area (Å²) in [6.07, 6.45) is 19.9. The van der Waals surface area contributed by atoms with Crippen LogP contribution in [0.25, 0.3) is 0 Å². The Bertz CT molecular complexity index is 571. The van der Waals surface area contributed by atoms with Crippen molar-refractivity contribution in [1.82, 2.24) is 0 Å². The van der Waals surface area contributed by atoms with E-state index < -0.39 is 5.97 Å². The smallest absolute Gasteiger partial charge is 0.129 e. The lowest BCUT2D eigenvalue weighted by molar-refractivity contribution is -0.309. The van der Waals surface area contributed by atoms with Gasteiger partial charge in [0.15, 0.2) is 0 Å². The average Bonchev–Trinajstić information content (AvgIpc) is 2.72. The van der Waals surface area contributed by atoms with E-state index in [1.54, 1.807) is 6.92 Å². The highest BCUT2D eigenvalue weighted by Gasteiger charge is 2.43. The number of Topliss-reactive ketones (excluding diaryl/α,β-unsaturated/α-hetero) is 1. The van der Waals surface area contributed by atoms with Gasteiger partial charge in [0, 0.05) is 12.4 Å². The van der Waals surface area contributed by atoms with Crippen LogP contribution in [0.15, 0.2) is 11.5 Å². The molecule has 33 heavy (non-hydrogen) atoms. The summed E-state index contributed by atoms with van der Waals surface area (Å²) in [6, 6.07) is 0. The van der Waals surface area contributed by atoms with E-state index in [1.165, 1.54) is 57.8 Å². The van der Waals surface area contributed by atoms with E-state index in [4.69, 9.17) is 0 Å². The van der Waals surface area contributed by atoms with Gasteiger partial charge in [-0.3, -0.25) is 0 Å². The molecule has 0 heterocycles. The van der Waals surface area contributed by atoms with Gasteiger partial charge in [0.2, 0.25) is 0 Å². The molecule has 0 amide bonds. The van der Waals surface area contributed by atoms with Crippen LogP contribution in [-0.2, 0) is 9.59 Å². The molecule has 0 bridgehead atoms. The molecule has 1 fully saturated rings. The molecule has 1 aliphatic carbocycles. The van der Waals surface area contributed by atoms with Gasteiger partial charge in [0.05, 0.1) is 0 Å². The molecule has 0 aromatic heterocycles. The number of thioether (sulfide) groups is 1. The highest BCUT2D eigenvalue weighted by molar-refractivity contribution is 8.02. The summed E-state index contributed by atoms with van der Waals surface area (Å²) >= 11 is 1.89. The van der Waals surface area contributed by atoms with E-state index in [0.29, 0.717) is 23.5 Å². The summed E-state index contributed by atoms with van der Waals surface area (Å²) in [5.41, 5.74) is -0.0411. The maximum Gasteiger partial charge on any atom is 0.129 e. The number of rotatable bonds is 19. The number of ketones is 1. The van der Waals surface area contributed by atoms with Crippen molar-refractivity contribution >= 4 is 23.5 Å². The van der Waals surface area contributed by atoms with Crippen molar-refractivity contribution in [3.05, 3.63) is 11.5 Å². The minimum Gasteiger partial charge on any atom is -0.550 e. The first-order valence-electron chi connectivity index (χ1n) is 13.7. The Morgan fingerprint density at radius 3 is 2.33 bits per heavy atom. The van der Waals surface area contributed by atoms with E-state index in [1.807, 2.05) is 11.8 Å². The molecule has 192 valence electrons.